The summed E-state index contributed by atoms with van der Waals surface area (Å²) in [4.78, 5) is 54.2. The third kappa shape index (κ3) is 19.1. The van der Waals surface area contributed by atoms with E-state index in [1.165, 1.54) is 18.2 Å². The smallest absolute Gasteiger partial charge is 0.219 e. The van der Waals surface area contributed by atoms with Crippen LogP contribution in [-0.2, 0) is 28.2 Å². The zero-order valence-electron chi connectivity index (χ0n) is 74.2. The van der Waals surface area contributed by atoms with Gasteiger partial charge in [-0.2, -0.15) is 35.8 Å². The van der Waals surface area contributed by atoms with Gasteiger partial charge in [-0.15, -0.1) is 0 Å². The third-order valence-corrected chi connectivity index (χ3v) is 20.1. The van der Waals surface area contributed by atoms with Crippen LogP contribution in [0.1, 0.15) is 225 Å². The van der Waals surface area contributed by atoms with Gasteiger partial charge in [-0.3, -0.25) is 0 Å². The molecule has 0 aliphatic heterocycles. The molecular formula is C94H110F4N16+4. The van der Waals surface area contributed by atoms with Crippen LogP contribution >= 0.6 is 0 Å². The van der Waals surface area contributed by atoms with Crippen LogP contribution < -0.4 is 18.3 Å². The number of hydrogen-bond donors (Lipinski definition) is 0. The van der Waals surface area contributed by atoms with Gasteiger partial charge in [-0.05, 0) is 175 Å². The van der Waals surface area contributed by atoms with Gasteiger partial charge in [-0.25, -0.2) is 59.8 Å². The largest absolute Gasteiger partial charge is 0.249 e. The van der Waals surface area contributed by atoms with Gasteiger partial charge in [0.2, 0.25) is 22.8 Å². The first kappa shape index (κ1) is 80.8. The normalized spacial score (nSPS) is 12.0. The molecule has 0 amide bonds. The Labute approximate surface area is 674 Å². The number of halogens is 4. The Morgan fingerprint density at radius 2 is 0.579 bits per heavy atom. The summed E-state index contributed by atoms with van der Waals surface area (Å²) in [6, 6.07) is 30.0. The van der Waals surface area contributed by atoms with Crippen molar-refractivity contribution in [2.24, 2.45) is 28.2 Å². The molecule has 0 unspecified atom stereocenters. The van der Waals surface area contributed by atoms with E-state index < -0.39 is 12.7 Å². The number of aryl methyl sites for hydroxylation is 13. The van der Waals surface area contributed by atoms with E-state index in [-0.39, 0.29) is 58.5 Å². The number of hydrogen-bond acceptors (Lipinski definition) is 12. The maximum absolute atomic E-state index is 15.6. The molecule has 590 valence electrons. The average Bonchev–Trinajstić information content (AvgIpc) is 0.772. The highest BCUT2D eigenvalue weighted by Gasteiger charge is 2.30. The molecule has 0 saturated carbocycles. The first-order chi connectivity index (χ1) is 54.9. The van der Waals surface area contributed by atoms with Gasteiger partial charge in [0.15, 0.2) is 71.4 Å². The molecule has 13 rings (SSSR count). The van der Waals surface area contributed by atoms with Crippen LogP contribution in [0.4, 0.5) is 17.6 Å². The fourth-order valence-corrected chi connectivity index (χ4v) is 13.8. The van der Waals surface area contributed by atoms with E-state index in [9.17, 15) is 0 Å². The molecule has 16 nitrogen and oxygen atoms in total. The van der Waals surface area contributed by atoms with Crippen molar-refractivity contribution in [1.82, 2.24) is 59.8 Å². The second-order valence-corrected chi connectivity index (χ2v) is 31.9. The predicted molar refractivity (Wildman–Crippen MR) is 446 cm³/mol. The van der Waals surface area contributed by atoms with Crippen molar-refractivity contribution in [3.63, 3.8) is 0 Å². The Morgan fingerprint density at radius 1 is 0.298 bits per heavy atom. The molecule has 0 N–H and O–H groups in total. The van der Waals surface area contributed by atoms with Crippen molar-refractivity contribution >= 4 is 10.8 Å². The minimum Gasteiger partial charge on any atom is -0.219 e. The maximum Gasteiger partial charge on any atom is 0.249 e. The van der Waals surface area contributed by atoms with Crippen LogP contribution in [0.15, 0.2) is 122 Å². The summed E-state index contributed by atoms with van der Waals surface area (Å²) in [6.45, 7) is 43.6. The molecule has 0 aliphatic rings. The lowest BCUT2D eigenvalue weighted by Crippen LogP contribution is -2.32. The van der Waals surface area contributed by atoms with Gasteiger partial charge < -0.3 is 0 Å². The number of rotatable bonds is 14. The molecule has 0 saturated heterocycles. The first-order valence-corrected chi connectivity index (χ1v) is 38.9. The monoisotopic (exact) mass is 1540 g/mol. The standard InChI is InChI=1S/C26H28FN4.2C24H30FN4.C20H22FN4/c1-15(2)24-28-25(16(3)4)30-26(29-24)19-13-21(27)23(31(6)14-19)22-17(5)11-12-18-9-7-8-10-20(18)22;2*1-13(2)22-26-23(14(3)4)28-24(27-22)18-11-20(25)21(29(8)12-18)19-10-15(5)9-16(6)17(19)7;1-11-7-12(2)13(3)17(8-11)19-18(21)9-16(10-25(19)6)20-23-14(4)22-15(5)24-20/h7-16H,1-6H3;2*9-14H,1-8H3;7-10H,1-6H3/q4*+1/i;6D3;;. The number of nitrogens with zero attached hydrogens (tertiary/aromatic N) is 16. The molecule has 0 atom stereocenters. The van der Waals surface area contributed by atoms with Crippen LogP contribution in [0.3, 0.4) is 0 Å². The van der Waals surface area contributed by atoms with Crippen LogP contribution in [0.25, 0.3) is 101 Å². The van der Waals surface area contributed by atoms with E-state index in [0.717, 1.165) is 95.3 Å². The van der Waals surface area contributed by atoms with Crippen molar-refractivity contribution in [1.29, 1.82) is 0 Å². The summed E-state index contributed by atoms with van der Waals surface area (Å²) >= 11 is 0. The zero-order chi connectivity index (χ0) is 86.0. The van der Waals surface area contributed by atoms with E-state index in [1.54, 1.807) is 41.4 Å². The second kappa shape index (κ2) is 35.4. The summed E-state index contributed by atoms with van der Waals surface area (Å²) in [5.74, 6) is 7.02. The Balaban J connectivity index is 0.000000165. The summed E-state index contributed by atoms with van der Waals surface area (Å²) in [5.41, 5.74) is 17.1. The van der Waals surface area contributed by atoms with Crippen molar-refractivity contribution in [2.45, 2.75) is 202 Å². The first-order valence-electron chi connectivity index (χ1n) is 40.4. The van der Waals surface area contributed by atoms with E-state index in [1.807, 2.05) is 174 Å². The Morgan fingerprint density at radius 3 is 0.877 bits per heavy atom. The van der Waals surface area contributed by atoms with Gasteiger partial charge in [0.1, 0.15) is 74.8 Å². The maximum atomic E-state index is 15.6. The lowest BCUT2D eigenvalue weighted by atomic mass is 9.96. The van der Waals surface area contributed by atoms with Crippen LogP contribution in [0, 0.1) is 106 Å². The van der Waals surface area contributed by atoms with E-state index in [2.05, 4.69) is 153 Å². The number of benzene rings is 5. The van der Waals surface area contributed by atoms with Crippen molar-refractivity contribution < 1.29 is 39.9 Å². The van der Waals surface area contributed by atoms with Gasteiger partial charge >= 0.3 is 0 Å². The Kier molecular flexibility index (Phi) is 25.1. The van der Waals surface area contributed by atoms with Crippen LogP contribution in [-0.4, -0.2) is 59.8 Å². The summed E-state index contributed by atoms with van der Waals surface area (Å²) < 4.78 is 92.2. The van der Waals surface area contributed by atoms with E-state index >= 15 is 17.6 Å². The summed E-state index contributed by atoms with van der Waals surface area (Å²) in [5, 5.41) is 2.13. The second-order valence-electron chi connectivity index (χ2n) is 31.9. The van der Waals surface area contributed by atoms with Crippen molar-refractivity contribution in [2.75, 3.05) is 0 Å². The molecule has 114 heavy (non-hydrogen) atoms. The quantitative estimate of drug-likeness (QED) is 0.0747. The van der Waals surface area contributed by atoms with E-state index in [4.69, 9.17) is 4.11 Å². The molecule has 0 aliphatic carbocycles. The van der Waals surface area contributed by atoms with Gasteiger partial charge in [0.05, 0.1) is 44.5 Å². The molecule has 13 aromatic rings. The third-order valence-electron chi connectivity index (χ3n) is 20.1. The zero-order valence-corrected chi connectivity index (χ0v) is 71.2. The van der Waals surface area contributed by atoms with Crippen molar-refractivity contribution in [3.8, 4) is 90.6 Å². The lowest BCUT2D eigenvalue weighted by Gasteiger charge is -2.12. The highest BCUT2D eigenvalue weighted by Crippen LogP contribution is 2.36. The highest BCUT2D eigenvalue weighted by atomic mass is 19.1. The van der Waals surface area contributed by atoms with Gasteiger partial charge in [-0.1, -0.05) is 154 Å². The molecule has 20 heteroatoms. The number of pyridine rings is 4. The van der Waals surface area contributed by atoms with Gasteiger partial charge in [0, 0.05) is 39.6 Å². The van der Waals surface area contributed by atoms with Crippen LogP contribution in [0.5, 0.6) is 0 Å². The number of aromatic nitrogens is 16. The summed E-state index contributed by atoms with van der Waals surface area (Å²) in [7, 11) is 7.33. The van der Waals surface area contributed by atoms with Gasteiger partial charge in [0.25, 0.3) is 0 Å². The Hall–Kier alpha value is -11.3. The molecule has 5 aromatic carbocycles. The SMILES string of the molecule is Cc1cc(C)c(C)c(-c2c(F)cc(-c3nc(C(C)C)nc(C(C)C)n3)c[n+]2C)c1.Cc1cc(C)c(C)c(-c2c(F)cc(-c3nc(C)nc(C)n3)c[n+]2C)c1.Cc1ccc2ccccc2c1-c1c(F)cc(-c2nc(C(C)C)nc(C(C)C)n2)c[n+]1C.[2H]C([2H])([2H])c1cc(C)cc(-c2c(F)cc(-c3nc(C(C)C)nc(C(C)C)n3)c[n+]2C)c1C. The molecule has 0 fully saturated rings. The molecule has 0 bridgehead atoms. The molecular weight excluding hydrogens is 1430 g/mol. The minimum absolute atomic E-state index is 0.111. The molecule has 0 radical (unpaired) electrons. The fraction of sp³-hybridized carbons (Fsp3) is 0.362. The Bertz CT molecular complexity index is 5750. The predicted octanol–water partition coefficient (Wildman–Crippen LogP) is 20.3. The minimum atomic E-state index is -2.27. The van der Waals surface area contributed by atoms with Crippen molar-refractivity contribution in [3.05, 3.63) is 247 Å². The van der Waals surface area contributed by atoms with Crippen LogP contribution in [0.2, 0.25) is 0 Å². The number of fused-ring (bicyclic) bond motifs is 1. The molecule has 8 heterocycles. The molecule has 8 aromatic heterocycles. The fourth-order valence-electron chi connectivity index (χ4n) is 13.8. The highest BCUT2D eigenvalue weighted by molar-refractivity contribution is 5.97. The topological polar surface area (TPSA) is 170 Å². The summed E-state index contributed by atoms with van der Waals surface area (Å²) in [6.07, 6.45) is 7.45. The lowest BCUT2D eigenvalue weighted by molar-refractivity contribution is -0.661. The average molecular weight is 1540 g/mol. The van der Waals surface area contributed by atoms with E-state index in [0.29, 0.717) is 103 Å². The molecule has 0 spiro atoms.